The monoisotopic (exact) mass is 377 g/mol. The maximum absolute atomic E-state index is 13.5. The Morgan fingerprint density at radius 2 is 1.87 bits per heavy atom. The fourth-order valence-corrected chi connectivity index (χ4v) is 2.30. The smallest absolute Gasteiger partial charge is 0.214 e. The lowest BCUT2D eigenvalue weighted by Crippen LogP contribution is -2.02. The third-order valence-corrected chi connectivity index (χ3v) is 3.85. The second-order valence-electron chi connectivity index (χ2n) is 4.89. The van der Waals surface area contributed by atoms with Crippen molar-refractivity contribution < 1.29 is 13.6 Å². The number of aromatic nitrogens is 3. The van der Waals surface area contributed by atoms with Crippen molar-refractivity contribution in [3.05, 3.63) is 81.6 Å². The Morgan fingerprint density at radius 3 is 2.57 bits per heavy atom. The molecule has 3 rings (SSSR count). The number of benzene rings is 2. The van der Waals surface area contributed by atoms with Gasteiger partial charge in [0.25, 0.3) is 0 Å². The Bertz CT molecular complexity index is 862. The zero-order valence-electron chi connectivity index (χ0n) is 11.7. The van der Waals surface area contributed by atoms with Gasteiger partial charge in [0.1, 0.15) is 11.6 Å². The van der Waals surface area contributed by atoms with Crippen LogP contribution in [0.3, 0.4) is 0 Å². The van der Waals surface area contributed by atoms with Crippen molar-refractivity contribution in [2.24, 2.45) is 0 Å². The fraction of sp³-hybridized carbons (Fsp3) is 0.0625. The van der Waals surface area contributed by atoms with Crippen molar-refractivity contribution in [2.75, 3.05) is 0 Å². The summed E-state index contributed by atoms with van der Waals surface area (Å²) in [7, 11) is 0. The minimum absolute atomic E-state index is 0.147. The number of nitrogens with zero attached hydrogens (tertiary/aromatic N) is 3. The first-order valence-corrected chi connectivity index (χ1v) is 7.46. The van der Waals surface area contributed by atoms with E-state index in [9.17, 15) is 13.6 Å². The summed E-state index contributed by atoms with van der Waals surface area (Å²) >= 11 is 3.09. The normalized spacial score (nSPS) is 10.7. The molecule has 0 amide bonds. The molecule has 7 heteroatoms. The summed E-state index contributed by atoms with van der Waals surface area (Å²) in [6, 6.07) is 9.93. The Labute approximate surface area is 138 Å². The fourth-order valence-electron chi connectivity index (χ4n) is 2.05. The molecule has 0 saturated heterocycles. The Kier molecular flexibility index (Phi) is 4.29. The summed E-state index contributed by atoms with van der Waals surface area (Å²) in [5, 5.41) is 7.68. The maximum Gasteiger partial charge on any atom is 0.214 e. The molecule has 0 unspecified atom stereocenters. The zero-order valence-corrected chi connectivity index (χ0v) is 13.3. The zero-order chi connectivity index (χ0) is 16.4. The molecule has 1 heterocycles. The van der Waals surface area contributed by atoms with Crippen LogP contribution in [0.25, 0.3) is 0 Å². The van der Waals surface area contributed by atoms with Gasteiger partial charge >= 0.3 is 0 Å². The summed E-state index contributed by atoms with van der Waals surface area (Å²) in [5.74, 6) is -1.13. The molecule has 0 radical (unpaired) electrons. The highest BCUT2D eigenvalue weighted by Crippen LogP contribution is 2.17. The third kappa shape index (κ3) is 3.50. The molecule has 0 aliphatic heterocycles. The number of rotatable bonds is 4. The van der Waals surface area contributed by atoms with Gasteiger partial charge in [0.05, 0.1) is 17.2 Å². The standard InChI is InChI=1S/C16H10BrF2N3O/c17-13-6-1-10(7-14(13)19)8-22-9-15(20-21-22)16(23)11-2-4-12(18)5-3-11/h1-7,9H,8H2. The van der Waals surface area contributed by atoms with Gasteiger partial charge in [-0.25, -0.2) is 13.5 Å². The lowest BCUT2D eigenvalue weighted by molar-refractivity contribution is 0.103. The van der Waals surface area contributed by atoms with Crippen LogP contribution in [-0.2, 0) is 6.54 Å². The van der Waals surface area contributed by atoms with Crippen LogP contribution in [0.5, 0.6) is 0 Å². The van der Waals surface area contributed by atoms with Crippen LogP contribution in [0.4, 0.5) is 8.78 Å². The van der Waals surface area contributed by atoms with E-state index in [4.69, 9.17) is 0 Å². The molecule has 0 saturated carbocycles. The highest BCUT2D eigenvalue weighted by molar-refractivity contribution is 9.10. The molecule has 0 atom stereocenters. The molecule has 0 fully saturated rings. The van der Waals surface area contributed by atoms with E-state index in [1.807, 2.05) is 0 Å². The van der Waals surface area contributed by atoms with Crippen LogP contribution in [-0.4, -0.2) is 20.8 Å². The topological polar surface area (TPSA) is 47.8 Å². The van der Waals surface area contributed by atoms with Gasteiger partial charge in [0.2, 0.25) is 5.78 Å². The van der Waals surface area contributed by atoms with E-state index < -0.39 is 5.82 Å². The van der Waals surface area contributed by atoms with Gasteiger partial charge in [-0.15, -0.1) is 5.10 Å². The van der Waals surface area contributed by atoms with Gasteiger partial charge in [-0.1, -0.05) is 11.3 Å². The van der Waals surface area contributed by atoms with Gasteiger partial charge in [-0.05, 0) is 57.9 Å². The molecule has 1 aromatic heterocycles. The maximum atomic E-state index is 13.5. The van der Waals surface area contributed by atoms with E-state index in [0.29, 0.717) is 15.6 Å². The average Bonchev–Trinajstić information content (AvgIpc) is 2.99. The lowest BCUT2D eigenvalue weighted by Gasteiger charge is -2.02. The summed E-state index contributed by atoms with van der Waals surface area (Å²) in [4.78, 5) is 12.2. The Balaban J connectivity index is 1.78. The second kappa shape index (κ2) is 6.37. The minimum Gasteiger partial charge on any atom is -0.287 e. The average molecular weight is 378 g/mol. The molecule has 23 heavy (non-hydrogen) atoms. The quantitative estimate of drug-likeness (QED) is 0.652. The molecule has 0 aliphatic carbocycles. The molecule has 0 bridgehead atoms. The predicted octanol–water partition coefficient (Wildman–Crippen LogP) is 3.60. The lowest BCUT2D eigenvalue weighted by atomic mass is 10.1. The predicted molar refractivity (Wildman–Crippen MR) is 83.1 cm³/mol. The first-order valence-electron chi connectivity index (χ1n) is 6.67. The first-order chi connectivity index (χ1) is 11.0. The Hall–Kier alpha value is -2.41. The molecule has 0 N–H and O–H groups in total. The number of carbonyl (C=O) groups is 1. The van der Waals surface area contributed by atoms with Crippen molar-refractivity contribution in [2.45, 2.75) is 6.54 Å². The van der Waals surface area contributed by atoms with E-state index in [-0.39, 0.29) is 23.8 Å². The van der Waals surface area contributed by atoms with Crippen molar-refractivity contribution in [3.8, 4) is 0 Å². The minimum atomic E-state index is -0.414. The first kappa shape index (κ1) is 15.5. The summed E-state index contributed by atoms with van der Waals surface area (Å²) in [5.41, 5.74) is 1.17. The third-order valence-electron chi connectivity index (χ3n) is 3.21. The van der Waals surface area contributed by atoms with Gasteiger partial charge in [-0.2, -0.15) is 0 Å². The van der Waals surface area contributed by atoms with Gasteiger partial charge in [0, 0.05) is 5.56 Å². The molecule has 3 aromatic rings. The molecule has 0 aliphatic rings. The van der Waals surface area contributed by atoms with E-state index in [0.717, 1.165) is 0 Å². The molecular weight excluding hydrogens is 368 g/mol. The van der Waals surface area contributed by atoms with E-state index in [2.05, 4.69) is 26.2 Å². The number of hydrogen-bond acceptors (Lipinski definition) is 3. The SMILES string of the molecule is O=C(c1ccc(F)cc1)c1cn(Cc2ccc(Br)c(F)c2)nn1. The van der Waals surface area contributed by atoms with Crippen LogP contribution in [0.15, 0.2) is 53.1 Å². The van der Waals surface area contributed by atoms with Crippen LogP contribution < -0.4 is 0 Å². The highest BCUT2D eigenvalue weighted by Gasteiger charge is 2.14. The second-order valence-corrected chi connectivity index (χ2v) is 5.74. The molecule has 2 aromatic carbocycles. The number of ketones is 1. The summed E-state index contributed by atoms with van der Waals surface area (Å²) < 4.78 is 28.2. The van der Waals surface area contributed by atoms with Gasteiger partial charge in [0.15, 0.2) is 5.69 Å². The molecular formula is C16H10BrF2N3O. The van der Waals surface area contributed by atoms with Crippen molar-refractivity contribution in [3.63, 3.8) is 0 Å². The number of carbonyl (C=O) groups excluding carboxylic acids is 1. The number of hydrogen-bond donors (Lipinski definition) is 0. The van der Waals surface area contributed by atoms with E-state index in [1.54, 1.807) is 12.1 Å². The largest absolute Gasteiger partial charge is 0.287 e. The van der Waals surface area contributed by atoms with Crippen LogP contribution in [0, 0.1) is 11.6 Å². The summed E-state index contributed by atoms with van der Waals surface area (Å²) in [6.07, 6.45) is 1.48. The van der Waals surface area contributed by atoms with Crippen molar-refractivity contribution in [1.82, 2.24) is 15.0 Å². The number of halogens is 3. The molecule has 0 spiro atoms. The van der Waals surface area contributed by atoms with Gasteiger partial charge < -0.3 is 0 Å². The van der Waals surface area contributed by atoms with E-state index in [1.165, 1.54) is 41.2 Å². The summed E-state index contributed by atoms with van der Waals surface area (Å²) in [6.45, 7) is 0.286. The van der Waals surface area contributed by atoms with E-state index >= 15 is 0 Å². The van der Waals surface area contributed by atoms with Crippen LogP contribution >= 0.6 is 15.9 Å². The van der Waals surface area contributed by atoms with Crippen LogP contribution in [0.1, 0.15) is 21.6 Å². The van der Waals surface area contributed by atoms with Crippen molar-refractivity contribution >= 4 is 21.7 Å². The highest BCUT2D eigenvalue weighted by atomic mass is 79.9. The van der Waals surface area contributed by atoms with Gasteiger partial charge in [-0.3, -0.25) is 4.79 Å². The molecule has 4 nitrogen and oxygen atoms in total. The van der Waals surface area contributed by atoms with Crippen molar-refractivity contribution in [1.29, 1.82) is 0 Å². The van der Waals surface area contributed by atoms with Crippen LogP contribution in [0.2, 0.25) is 0 Å². The molecule has 116 valence electrons. The Morgan fingerprint density at radius 1 is 1.13 bits per heavy atom.